The van der Waals surface area contributed by atoms with E-state index in [1.165, 1.54) is 39.2 Å². The molecule has 3 aromatic carbocycles. The summed E-state index contributed by atoms with van der Waals surface area (Å²) in [6.45, 7) is 5.51. The van der Waals surface area contributed by atoms with Crippen LogP contribution in [0.1, 0.15) is 93.1 Å². The number of halogens is 1. The van der Waals surface area contributed by atoms with E-state index in [0.717, 1.165) is 28.4 Å². The summed E-state index contributed by atoms with van der Waals surface area (Å²) in [6, 6.07) is 17.6. The number of benzene rings is 3. The third kappa shape index (κ3) is 7.89. The van der Waals surface area contributed by atoms with Crippen molar-refractivity contribution in [2.75, 3.05) is 26.0 Å². The van der Waals surface area contributed by atoms with Gasteiger partial charge in [-0.15, -0.1) is 0 Å². The summed E-state index contributed by atoms with van der Waals surface area (Å²) in [5.74, 6) is -0.901. The average Bonchev–Trinajstić information content (AvgIpc) is 3.06. The molecule has 0 amide bonds. The number of methoxy groups -OCH3 is 1. The number of Topliss-reactive ketones (excluding diaryl/α,β-unsaturated/α-hetero) is 1. The van der Waals surface area contributed by atoms with Gasteiger partial charge in [-0.1, -0.05) is 75.1 Å². The topological polar surface area (TPSA) is 102 Å². The van der Waals surface area contributed by atoms with E-state index in [1.54, 1.807) is 19.1 Å². The van der Waals surface area contributed by atoms with Crippen molar-refractivity contribution in [3.63, 3.8) is 0 Å². The summed E-state index contributed by atoms with van der Waals surface area (Å²) in [5.41, 5.74) is 7.68. The molecule has 7 nitrogen and oxygen atoms in total. The highest BCUT2D eigenvalue weighted by Gasteiger charge is 2.42. The minimum Gasteiger partial charge on any atom is -0.451 e. The van der Waals surface area contributed by atoms with Gasteiger partial charge in [-0.05, 0) is 95.5 Å². The molecule has 3 N–H and O–H groups in total. The number of hydrogen-bond donors (Lipinski definition) is 2. The molecule has 1 fully saturated rings. The van der Waals surface area contributed by atoms with E-state index in [1.807, 2.05) is 42.5 Å². The van der Waals surface area contributed by atoms with Crippen LogP contribution in [0.4, 0.5) is 5.69 Å². The summed E-state index contributed by atoms with van der Waals surface area (Å²) < 4.78 is 12.6. The molecule has 2 unspecified atom stereocenters. The number of anilines is 1. The van der Waals surface area contributed by atoms with Gasteiger partial charge in [0, 0.05) is 30.8 Å². The van der Waals surface area contributed by atoms with Gasteiger partial charge in [0.15, 0.2) is 11.7 Å². The number of rotatable bonds is 15. The Balaban J connectivity index is 1.62. The molecule has 1 saturated carbocycles. The molecule has 44 heavy (non-hydrogen) atoms. The molecule has 4 rings (SSSR count). The van der Waals surface area contributed by atoms with Crippen LogP contribution in [0.3, 0.4) is 0 Å². The maximum atomic E-state index is 14.3. The van der Waals surface area contributed by atoms with E-state index in [9.17, 15) is 14.7 Å². The molecule has 0 aromatic heterocycles. The molecule has 0 spiro atoms. The van der Waals surface area contributed by atoms with Crippen LogP contribution in [0, 0.1) is 0 Å². The number of nitrogen functional groups attached to an aromatic ring is 1. The monoisotopic (exact) mass is 666 g/mol. The van der Waals surface area contributed by atoms with Crippen LogP contribution in [0.15, 0.2) is 59.1 Å². The van der Waals surface area contributed by atoms with Crippen LogP contribution in [-0.2, 0) is 26.4 Å². The zero-order valence-electron chi connectivity index (χ0n) is 26.3. The number of carbonyl (C=O) groups excluding carboxylic acids is 2. The molecule has 8 heteroatoms. The van der Waals surface area contributed by atoms with Crippen LogP contribution >= 0.6 is 15.9 Å². The Bertz CT molecular complexity index is 1420. The van der Waals surface area contributed by atoms with Gasteiger partial charge in [0.2, 0.25) is 5.78 Å². The minimum atomic E-state index is -1.35. The van der Waals surface area contributed by atoms with Gasteiger partial charge in [-0.2, -0.15) is 0 Å². The number of nitrogens with zero attached hydrogens (tertiary/aromatic N) is 1. The first kappa shape index (κ1) is 34.1. The molecule has 1 aliphatic rings. The number of fused-ring (bicyclic) bond motifs is 1. The Labute approximate surface area is 270 Å². The van der Waals surface area contributed by atoms with Crippen molar-refractivity contribution in [2.24, 2.45) is 0 Å². The van der Waals surface area contributed by atoms with Crippen LogP contribution in [0.2, 0.25) is 0 Å². The Morgan fingerprint density at radius 3 is 2.50 bits per heavy atom. The summed E-state index contributed by atoms with van der Waals surface area (Å²) in [5, 5.41) is 11.2. The maximum absolute atomic E-state index is 14.3. The van der Waals surface area contributed by atoms with Gasteiger partial charge in [0.1, 0.15) is 0 Å². The molecule has 3 aromatic rings. The molecule has 0 heterocycles. The lowest BCUT2D eigenvalue weighted by Crippen LogP contribution is -2.44. The fourth-order valence-electron chi connectivity index (χ4n) is 6.44. The molecule has 0 saturated heterocycles. The van der Waals surface area contributed by atoms with Crippen molar-refractivity contribution >= 4 is 44.1 Å². The van der Waals surface area contributed by atoms with Crippen molar-refractivity contribution < 1.29 is 24.2 Å². The smallest absolute Gasteiger partial charge is 0.338 e. The third-order valence-electron chi connectivity index (χ3n) is 9.17. The highest BCUT2D eigenvalue weighted by atomic mass is 79.9. The molecule has 1 aliphatic carbocycles. The summed E-state index contributed by atoms with van der Waals surface area (Å²) in [6.07, 6.45) is 7.32. The zero-order chi connectivity index (χ0) is 31.7. The van der Waals surface area contributed by atoms with Gasteiger partial charge in [0.05, 0.1) is 11.3 Å². The van der Waals surface area contributed by atoms with E-state index in [0.29, 0.717) is 54.0 Å². The second-order valence-electron chi connectivity index (χ2n) is 12.0. The lowest BCUT2D eigenvalue weighted by atomic mass is 9.84. The Kier molecular flexibility index (Phi) is 12.4. The van der Waals surface area contributed by atoms with Crippen LogP contribution < -0.4 is 5.73 Å². The normalized spacial score (nSPS) is 16.1. The van der Waals surface area contributed by atoms with E-state index in [4.69, 9.17) is 15.2 Å². The van der Waals surface area contributed by atoms with Crippen LogP contribution in [-0.4, -0.2) is 54.2 Å². The molecular formula is C36H47BrN2O5. The number of aliphatic hydroxyl groups is 1. The standard InChI is InChI=1S/C36H47BrN2O5/c1-4-39(28-16-7-5-8-17-28)24-27-22-26(23-31(37)33(27)38)35(42)44-32(20-9-6-12-21-40)34(41)36(2,43-3)30-19-13-15-25-14-10-11-18-29(25)30/h10-11,13-15,18-19,22-23,28,32,40H,4-9,12,16-17,20-21,24,38H2,1-3H3. The zero-order valence-corrected chi connectivity index (χ0v) is 27.9. The molecule has 2 atom stereocenters. The number of esters is 1. The quantitative estimate of drug-likeness (QED) is 0.0981. The fraction of sp³-hybridized carbons (Fsp3) is 0.500. The number of hydrogen-bond acceptors (Lipinski definition) is 7. The van der Waals surface area contributed by atoms with E-state index in [-0.39, 0.29) is 12.4 Å². The van der Waals surface area contributed by atoms with Crippen LogP contribution in [0.5, 0.6) is 0 Å². The molecule has 0 aliphatic heterocycles. The van der Waals surface area contributed by atoms with Gasteiger partial charge in [-0.3, -0.25) is 9.69 Å². The van der Waals surface area contributed by atoms with Crippen LogP contribution in [0.25, 0.3) is 10.8 Å². The fourth-order valence-corrected chi connectivity index (χ4v) is 6.94. The van der Waals surface area contributed by atoms with Crippen molar-refractivity contribution in [3.8, 4) is 0 Å². The summed E-state index contributed by atoms with van der Waals surface area (Å²) in [7, 11) is 1.51. The highest BCUT2D eigenvalue weighted by molar-refractivity contribution is 9.10. The van der Waals surface area contributed by atoms with E-state index >= 15 is 0 Å². The minimum absolute atomic E-state index is 0.0715. The lowest BCUT2D eigenvalue weighted by Gasteiger charge is -2.34. The van der Waals surface area contributed by atoms with Crippen molar-refractivity contribution in [1.29, 1.82) is 0 Å². The number of carbonyl (C=O) groups is 2. The number of unbranched alkanes of at least 4 members (excludes halogenated alkanes) is 2. The lowest BCUT2D eigenvalue weighted by molar-refractivity contribution is -0.150. The van der Waals surface area contributed by atoms with Gasteiger partial charge in [0.25, 0.3) is 0 Å². The molecular weight excluding hydrogens is 620 g/mol. The number of aliphatic hydroxyl groups excluding tert-OH is 1. The van der Waals surface area contributed by atoms with Crippen molar-refractivity contribution in [1.82, 2.24) is 4.90 Å². The average molecular weight is 668 g/mol. The van der Waals surface area contributed by atoms with Gasteiger partial charge in [-0.25, -0.2) is 4.79 Å². The summed E-state index contributed by atoms with van der Waals surface area (Å²) >= 11 is 3.56. The van der Waals surface area contributed by atoms with E-state index < -0.39 is 17.7 Å². The first-order chi connectivity index (χ1) is 21.2. The molecule has 0 radical (unpaired) electrons. The Hall–Kier alpha value is -2.78. The predicted molar refractivity (Wildman–Crippen MR) is 180 cm³/mol. The number of ether oxygens (including phenoxy) is 2. The van der Waals surface area contributed by atoms with Gasteiger partial charge < -0.3 is 20.3 Å². The first-order valence-corrected chi connectivity index (χ1v) is 16.7. The number of nitrogens with two attached hydrogens (primary N) is 1. The predicted octanol–water partition coefficient (Wildman–Crippen LogP) is 7.55. The maximum Gasteiger partial charge on any atom is 0.338 e. The summed E-state index contributed by atoms with van der Waals surface area (Å²) in [4.78, 5) is 30.5. The molecule has 0 bridgehead atoms. The van der Waals surface area contributed by atoms with Crippen molar-refractivity contribution in [3.05, 3.63) is 75.8 Å². The number of ketones is 1. The Morgan fingerprint density at radius 2 is 1.80 bits per heavy atom. The third-order valence-corrected chi connectivity index (χ3v) is 9.83. The molecule has 238 valence electrons. The Morgan fingerprint density at radius 1 is 1.07 bits per heavy atom. The highest BCUT2D eigenvalue weighted by Crippen LogP contribution is 2.35. The van der Waals surface area contributed by atoms with Crippen molar-refractivity contribution in [2.45, 2.75) is 95.9 Å². The van der Waals surface area contributed by atoms with Gasteiger partial charge >= 0.3 is 5.97 Å². The largest absolute Gasteiger partial charge is 0.451 e. The SMILES string of the molecule is CCN(Cc1cc(C(=O)OC(CCCCCO)C(=O)C(C)(OC)c2cccc3ccccc23)cc(Br)c1N)C1CCCCC1. The second-order valence-corrected chi connectivity index (χ2v) is 12.8. The van der Waals surface area contributed by atoms with E-state index in [2.05, 4.69) is 27.8 Å². The first-order valence-electron chi connectivity index (χ1n) is 15.9. The second kappa shape index (κ2) is 16.0.